The lowest BCUT2D eigenvalue weighted by molar-refractivity contribution is -0.141. The van der Waals surface area contributed by atoms with Gasteiger partial charge >= 0.3 is 5.97 Å². The van der Waals surface area contributed by atoms with Crippen molar-refractivity contribution in [3.05, 3.63) is 52.8 Å². The van der Waals surface area contributed by atoms with Crippen LogP contribution in [0.2, 0.25) is 0 Å². The van der Waals surface area contributed by atoms with Gasteiger partial charge in [0.2, 0.25) is 5.91 Å². The van der Waals surface area contributed by atoms with Gasteiger partial charge in [0.25, 0.3) is 5.91 Å². The van der Waals surface area contributed by atoms with Gasteiger partial charge in [0.15, 0.2) is 4.80 Å². The van der Waals surface area contributed by atoms with E-state index in [4.69, 9.17) is 9.47 Å². The van der Waals surface area contributed by atoms with E-state index in [1.165, 1.54) is 25.4 Å². The van der Waals surface area contributed by atoms with Gasteiger partial charge in [-0.1, -0.05) is 30.7 Å². The second-order valence-electron chi connectivity index (χ2n) is 7.06. The molecular weight excluding hydrogens is 430 g/mol. The van der Waals surface area contributed by atoms with Crippen molar-refractivity contribution < 1.29 is 23.9 Å². The maximum Gasteiger partial charge on any atom is 0.325 e. The quantitative estimate of drug-likeness (QED) is 0.412. The standard InChI is InChI=1S/C23H25N3O5S/c1-4-5-11-31-18-8-6-7-16(12-18)22(29)25-23-26(14-21(28)30-3)19-10-9-17(24-15(2)27)13-20(19)32-23/h6-10,12-13H,4-5,11,14H2,1-3H3,(H,24,27). The van der Waals surface area contributed by atoms with E-state index in [1.807, 2.05) is 0 Å². The first kappa shape index (κ1) is 23.2. The van der Waals surface area contributed by atoms with E-state index in [2.05, 4.69) is 17.2 Å². The number of amides is 2. The van der Waals surface area contributed by atoms with Gasteiger partial charge in [0, 0.05) is 18.2 Å². The minimum atomic E-state index is -0.462. The third-order valence-electron chi connectivity index (χ3n) is 4.56. The minimum absolute atomic E-state index is 0.0950. The lowest BCUT2D eigenvalue weighted by Gasteiger charge is -2.06. The molecule has 8 nitrogen and oxygen atoms in total. The molecule has 0 spiro atoms. The van der Waals surface area contributed by atoms with Crippen LogP contribution in [0.1, 0.15) is 37.0 Å². The van der Waals surface area contributed by atoms with Gasteiger partial charge in [-0.15, -0.1) is 0 Å². The van der Waals surface area contributed by atoms with Gasteiger partial charge in [-0.05, 0) is 42.8 Å². The minimum Gasteiger partial charge on any atom is -0.494 e. The van der Waals surface area contributed by atoms with Crippen molar-refractivity contribution in [1.82, 2.24) is 4.57 Å². The molecule has 1 aromatic heterocycles. The summed E-state index contributed by atoms with van der Waals surface area (Å²) in [5.41, 5.74) is 1.71. The highest BCUT2D eigenvalue weighted by Crippen LogP contribution is 2.22. The van der Waals surface area contributed by atoms with E-state index in [1.54, 1.807) is 47.0 Å². The molecule has 0 fully saturated rings. The van der Waals surface area contributed by atoms with Gasteiger partial charge in [-0.2, -0.15) is 4.99 Å². The molecule has 0 bridgehead atoms. The molecular formula is C23H25N3O5S. The van der Waals surface area contributed by atoms with Crippen molar-refractivity contribution in [2.45, 2.75) is 33.2 Å². The Hall–Kier alpha value is -3.46. The van der Waals surface area contributed by atoms with Gasteiger partial charge in [0.1, 0.15) is 12.3 Å². The third-order valence-corrected chi connectivity index (χ3v) is 5.60. The number of hydrogen-bond acceptors (Lipinski definition) is 6. The number of fused-ring (bicyclic) bond motifs is 1. The van der Waals surface area contributed by atoms with E-state index in [0.29, 0.717) is 33.9 Å². The molecule has 0 atom stereocenters. The number of thiazole rings is 1. The van der Waals surface area contributed by atoms with Crippen LogP contribution in [0.3, 0.4) is 0 Å². The number of methoxy groups -OCH3 is 1. The number of aromatic nitrogens is 1. The molecule has 0 aliphatic carbocycles. The number of ether oxygens (including phenoxy) is 2. The molecule has 0 radical (unpaired) electrons. The van der Waals surface area contributed by atoms with Crippen LogP contribution in [-0.2, 0) is 20.9 Å². The van der Waals surface area contributed by atoms with E-state index < -0.39 is 11.9 Å². The molecule has 0 aliphatic heterocycles. The highest BCUT2D eigenvalue weighted by atomic mass is 32.1. The first-order valence-electron chi connectivity index (χ1n) is 10.2. The summed E-state index contributed by atoms with van der Waals surface area (Å²) in [5.74, 6) is -0.489. The number of carbonyl (C=O) groups excluding carboxylic acids is 3. The van der Waals surface area contributed by atoms with Crippen molar-refractivity contribution >= 4 is 45.0 Å². The zero-order chi connectivity index (χ0) is 23.1. The largest absolute Gasteiger partial charge is 0.494 e. The Labute approximate surface area is 189 Å². The van der Waals surface area contributed by atoms with E-state index >= 15 is 0 Å². The number of benzene rings is 2. The molecule has 0 saturated carbocycles. The summed E-state index contributed by atoms with van der Waals surface area (Å²) in [5, 5.41) is 2.73. The van der Waals surface area contributed by atoms with Crippen molar-refractivity contribution in [3.8, 4) is 5.75 Å². The van der Waals surface area contributed by atoms with Crippen LogP contribution in [0.25, 0.3) is 10.2 Å². The average molecular weight is 456 g/mol. The monoisotopic (exact) mass is 455 g/mol. The normalized spacial score (nSPS) is 11.4. The van der Waals surface area contributed by atoms with Crippen LogP contribution in [0.4, 0.5) is 5.69 Å². The molecule has 0 aliphatic rings. The number of esters is 1. The Bertz CT molecular complexity index is 1210. The highest BCUT2D eigenvalue weighted by molar-refractivity contribution is 7.16. The maximum atomic E-state index is 12.9. The maximum absolute atomic E-state index is 12.9. The molecule has 1 heterocycles. The molecule has 2 aromatic carbocycles. The molecule has 0 saturated heterocycles. The second-order valence-corrected chi connectivity index (χ2v) is 8.07. The number of unbranched alkanes of at least 4 members (excludes halogenated alkanes) is 1. The molecule has 1 N–H and O–H groups in total. The lowest BCUT2D eigenvalue weighted by Crippen LogP contribution is -2.22. The van der Waals surface area contributed by atoms with E-state index in [0.717, 1.165) is 17.5 Å². The zero-order valence-corrected chi connectivity index (χ0v) is 19.0. The van der Waals surface area contributed by atoms with E-state index in [-0.39, 0.29) is 12.5 Å². The smallest absolute Gasteiger partial charge is 0.325 e. The third kappa shape index (κ3) is 5.82. The Morgan fingerprint density at radius 1 is 1.16 bits per heavy atom. The topological polar surface area (TPSA) is 99.0 Å². The molecule has 3 aromatic rings. The van der Waals surface area contributed by atoms with Crippen LogP contribution in [0, 0.1) is 0 Å². The van der Waals surface area contributed by atoms with Crippen molar-refractivity contribution in [3.63, 3.8) is 0 Å². The van der Waals surface area contributed by atoms with Gasteiger partial charge < -0.3 is 19.4 Å². The Balaban J connectivity index is 2.00. The lowest BCUT2D eigenvalue weighted by atomic mass is 10.2. The van der Waals surface area contributed by atoms with Crippen molar-refractivity contribution in [2.75, 3.05) is 19.0 Å². The number of hydrogen-bond donors (Lipinski definition) is 1. The Morgan fingerprint density at radius 3 is 2.69 bits per heavy atom. The summed E-state index contributed by atoms with van der Waals surface area (Å²) >= 11 is 1.25. The fourth-order valence-corrected chi connectivity index (χ4v) is 4.06. The predicted molar refractivity (Wildman–Crippen MR) is 123 cm³/mol. The zero-order valence-electron chi connectivity index (χ0n) is 18.2. The summed E-state index contributed by atoms with van der Waals surface area (Å²) in [7, 11) is 1.30. The van der Waals surface area contributed by atoms with Gasteiger partial charge in [-0.25, -0.2) is 0 Å². The van der Waals surface area contributed by atoms with Crippen LogP contribution in [-0.4, -0.2) is 36.1 Å². The summed E-state index contributed by atoms with van der Waals surface area (Å²) in [4.78, 5) is 40.9. The van der Waals surface area contributed by atoms with Crippen LogP contribution in [0.5, 0.6) is 5.75 Å². The molecule has 32 heavy (non-hydrogen) atoms. The number of nitrogens with zero attached hydrogens (tertiary/aromatic N) is 2. The fraction of sp³-hybridized carbons (Fsp3) is 0.304. The summed E-state index contributed by atoms with van der Waals surface area (Å²) in [6.45, 7) is 3.99. The predicted octanol–water partition coefficient (Wildman–Crippen LogP) is 3.75. The second kappa shape index (κ2) is 10.7. The van der Waals surface area contributed by atoms with Crippen molar-refractivity contribution in [2.24, 2.45) is 4.99 Å². The summed E-state index contributed by atoms with van der Waals surface area (Å²) in [6, 6.07) is 12.2. The first-order chi connectivity index (χ1) is 15.4. The van der Waals surface area contributed by atoms with Crippen LogP contribution >= 0.6 is 11.3 Å². The highest BCUT2D eigenvalue weighted by Gasteiger charge is 2.14. The first-order valence-corrected chi connectivity index (χ1v) is 11.0. The number of rotatable bonds is 8. The number of carbonyl (C=O) groups is 3. The fourth-order valence-electron chi connectivity index (χ4n) is 2.99. The average Bonchev–Trinajstić information content (AvgIpc) is 3.09. The van der Waals surface area contributed by atoms with Gasteiger partial charge in [-0.3, -0.25) is 14.4 Å². The van der Waals surface area contributed by atoms with E-state index in [9.17, 15) is 14.4 Å². The molecule has 9 heteroatoms. The van der Waals surface area contributed by atoms with Crippen molar-refractivity contribution in [1.29, 1.82) is 0 Å². The Kier molecular flexibility index (Phi) is 7.77. The molecule has 3 rings (SSSR count). The number of anilines is 1. The Morgan fingerprint density at radius 2 is 1.97 bits per heavy atom. The van der Waals surface area contributed by atoms with Gasteiger partial charge in [0.05, 0.1) is 23.9 Å². The SMILES string of the molecule is CCCCOc1cccc(C(=O)N=c2sc3cc(NC(C)=O)ccc3n2CC(=O)OC)c1. The molecule has 2 amide bonds. The summed E-state index contributed by atoms with van der Waals surface area (Å²) in [6.07, 6.45) is 1.95. The molecule has 168 valence electrons. The van der Waals surface area contributed by atoms with Crippen LogP contribution < -0.4 is 14.9 Å². The number of nitrogens with one attached hydrogen (secondary N) is 1. The summed E-state index contributed by atoms with van der Waals surface area (Å²) < 4.78 is 12.9. The van der Waals surface area contributed by atoms with Crippen LogP contribution in [0.15, 0.2) is 47.5 Å². The molecule has 0 unspecified atom stereocenters.